The summed E-state index contributed by atoms with van der Waals surface area (Å²) in [5.74, 6) is 0.726. The summed E-state index contributed by atoms with van der Waals surface area (Å²) in [6.07, 6.45) is 1.68. The quantitative estimate of drug-likeness (QED) is 0.626. The van der Waals surface area contributed by atoms with E-state index in [2.05, 4.69) is 10.1 Å². The van der Waals surface area contributed by atoms with Gasteiger partial charge in [0.05, 0.1) is 24.1 Å². The van der Waals surface area contributed by atoms with Gasteiger partial charge in [0.2, 0.25) is 0 Å². The fourth-order valence-corrected chi connectivity index (χ4v) is 2.97. The Morgan fingerprint density at radius 2 is 1.88 bits per heavy atom. The number of rotatable bonds is 3. The van der Waals surface area contributed by atoms with Crippen LogP contribution in [-0.2, 0) is 0 Å². The Morgan fingerprint density at radius 1 is 1.08 bits per heavy atom. The lowest BCUT2D eigenvalue weighted by Crippen LogP contribution is -2.14. The van der Waals surface area contributed by atoms with Gasteiger partial charge >= 0.3 is 0 Å². The topological polar surface area (TPSA) is 72.3 Å². The molecule has 4 aromatic rings. The number of nitrogens with zero attached hydrogens (tertiary/aromatic N) is 3. The molecular formula is C19H16N4O2. The van der Waals surface area contributed by atoms with Gasteiger partial charge in [-0.15, -0.1) is 0 Å². The van der Waals surface area contributed by atoms with Crippen LogP contribution in [0.5, 0.6) is 5.75 Å². The van der Waals surface area contributed by atoms with Crippen molar-refractivity contribution in [1.29, 1.82) is 0 Å². The zero-order valence-electron chi connectivity index (χ0n) is 13.9. The van der Waals surface area contributed by atoms with E-state index in [1.54, 1.807) is 13.3 Å². The highest BCUT2D eigenvalue weighted by Crippen LogP contribution is 2.34. The third-order valence-electron chi connectivity index (χ3n) is 4.10. The van der Waals surface area contributed by atoms with Gasteiger partial charge in [-0.05, 0) is 25.1 Å². The number of ether oxygens (including phenoxy) is 1. The fraction of sp³-hybridized carbons (Fsp3) is 0.105. The van der Waals surface area contributed by atoms with E-state index in [0.717, 1.165) is 22.6 Å². The lowest BCUT2D eigenvalue weighted by molar-refractivity contribution is 0.416. The molecule has 0 atom stereocenters. The highest BCUT2D eigenvalue weighted by atomic mass is 16.5. The highest BCUT2D eigenvalue weighted by molar-refractivity contribution is 5.84. The van der Waals surface area contributed by atoms with Gasteiger partial charge in [0.25, 0.3) is 5.56 Å². The van der Waals surface area contributed by atoms with E-state index in [0.29, 0.717) is 17.0 Å². The number of aromatic amines is 1. The summed E-state index contributed by atoms with van der Waals surface area (Å²) in [6.45, 7) is 1.91. The number of nitrogens with one attached hydrogen (secondary N) is 1. The average molecular weight is 332 g/mol. The first-order valence-electron chi connectivity index (χ1n) is 7.86. The van der Waals surface area contributed by atoms with E-state index in [-0.39, 0.29) is 5.56 Å². The molecule has 3 aromatic heterocycles. The molecule has 1 N–H and O–H groups in total. The lowest BCUT2D eigenvalue weighted by atomic mass is 10.1. The molecule has 0 saturated carbocycles. The second kappa shape index (κ2) is 5.90. The van der Waals surface area contributed by atoms with Crippen LogP contribution in [0.1, 0.15) is 5.69 Å². The Hall–Kier alpha value is -3.41. The molecule has 0 aliphatic heterocycles. The molecule has 0 bridgehead atoms. The molecule has 0 aliphatic rings. The minimum absolute atomic E-state index is 0.185. The van der Waals surface area contributed by atoms with Crippen LogP contribution in [0.4, 0.5) is 0 Å². The van der Waals surface area contributed by atoms with Gasteiger partial charge in [-0.2, -0.15) is 0 Å². The van der Waals surface area contributed by atoms with Crippen LogP contribution in [-0.4, -0.2) is 26.7 Å². The third-order valence-corrected chi connectivity index (χ3v) is 4.10. The Morgan fingerprint density at radius 3 is 2.64 bits per heavy atom. The van der Waals surface area contributed by atoms with Crippen LogP contribution >= 0.6 is 0 Å². The van der Waals surface area contributed by atoms with Crippen LogP contribution in [0.3, 0.4) is 0 Å². The number of fused-ring (bicyclic) bond motifs is 1. The molecule has 3 heterocycles. The van der Waals surface area contributed by atoms with Gasteiger partial charge in [0, 0.05) is 23.5 Å². The number of aromatic nitrogens is 4. The smallest absolute Gasteiger partial charge is 0.273 e. The summed E-state index contributed by atoms with van der Waals surface area (Å²) in [7, 11) is 1.63. The lowest BCUT2D eigenvalue weighted by Gasteiger charge is -2.08. The summed E-state index contributed by atoms with van der Waals surface area (Å²) in [6, 6.07) is 14.7. The minimum atomic E-state index is -0.185. The number of H-pyrrole nitrogens is 1. The monoisotopic (exact) mass is 332 g/mol. The molecule has 0 radical (unpaired) electrons. The summed E-state index contributed by atoms with van der Waals surface area (Å²) in [5.41, 5.74) is 4.13. The standard InChI is InChI=1S/C19H16N4O2/c1-12-18(13-7-3-4-9-16(13)25-2)19-21-15(11-17(24)23(19)22-12)14-8-5-6-10-20-14/h3-11,22H,1-2H3. The van der Waals surface area contributed by atoms with Gasteiger partial charge in [0.1, 0.15) is 5.75 Å². The molecule has 0 spiro atoms. The minimum Gasteiger partial charge on any atom is -0.496 e. The largest absolute Gasteiger partial charge is 0.496 e. The van der Waals surface area contributed by atoms with E-state index in [1.807, 2.05) is 49.4 Å². The maximum absolute atomic E-state index is 12.6. The molecule has 0 fully saturated rings. The molecule has 6 heteroatoms. The molecule has 0 aliphatic carbocycles. The number of para-hydroxylation sites is 1. The van der Waals surface area contributed by atoms with Gasteiger partial charge in [0.15, 0.2) is 5.65 Å². The summed E-state index contributed by atoms with van der Waals surface area (Å²) >= 11 is 0. The molecular weight excluding hydrogens is 316 g/mol. The Bertz CT molecular complexity index is 1110. The Labute approximate surface area is 143 Å². The predicted molar refractivity (Wildman–Crippen MR) is 95.8 cm³/mol. The van der Waals surface area contributed by atoms with E-state index in [4.69, 9.17) is 9.72 Å². The number of aryl methyl sites for hydroxylation is 1. The first-order valence-corrected chi connectivity index (χ1v) is 7.86. The van der Waals surface area contributed by atoms with Crippen LogP contribution < -0.4 is 10.3 Å². The Kier molecular flexibility index (Phi) is 3.57. The molecule has 25 heavy (non-hydrogen) atoms. The SMILES string of the molecule is COc1ccccc1-c1c(C)[nH]n2c(=O)cc(-c3ccccn3)nc12. The summed E-state index contributed by atoms with van der Waals surface area (Å²) in [4.78, 5) is 21.5. The van der Waals surface area contributed by atoms with Gasteiger partial charge in [-0.1, -0.05) is 24.3 Å². The van der Waals surface area contributed by atoms with Crippen molar-refractivity contribution in [2.75, 3.05) is 7.11 Å². The first-order chi connectivity index (χ1) is 12.2. The second-order valence-electron chi connectivity index (χ2n) is 5.67. The fourth-order valence-electron chi connectivity index (χ4n) is 2.97. The zero-order chi connectivity index (χ0) is 17.4. The van der Waals surface area contributed by atoms with Crippen molar-refractivity contribution < 1.29 is 4.74 Å². The van der Waals surface area contributed by atoms with Crippen molar-refractivity contribution in [1.82, 2.24) is 19.6 Å². The molecule has 6 nitrogen and oxygen atoms in total. The molecule has 0 saturated heterocycles. The third kappa shape index (κ3) is 2.48. The van der Waals surface area contributed by atoms with Crippen molar-refractivity contribution in [3.63, 3.8) is 0 Å². The van der Waals surface area contributed by atoms with E-state index >= 15 is 0 Å². The van der Waals surface area contributed by atoms with E-state index < -0.39 is 0 Å². The number of hydrogen-bond acceptors (Lipinski definition) is 4. The normalized spacial score (nSPS) is 11.0. The Balaban J connectivity index is 2.04. The molecule has 0 unspecified atom stereocenters. The van der Waals surface area contributed by atoms with Gasteiger partial charge in [-0.25, -0.2) is 9.50 Å². The van der Waals surface area contributed by atoms with Crippen molar-refractivity contribution in [3.8, 4) is 28.3 Å². The summed E-state index contributed by atoms with van der Waals surface area (Å²) < 4.78 is 6.92. The zero-order valence-corrected chi connectivity index (χ0v) is 13.9. The van der Waals surface area contributed by atoms with E-state index in [9.17, 15) is 4.79 Å². The first kappa shape index (κ1) is 15.1. The van der Waals surface area contributed by atoms with Crippen LogP contribution in [0.15, 0.2) is 59.5 Å². The van der Waals surface area contributed by atoms with Crippen molar-refractivity contribution in [2.45, 2.75) is 6.92 Å². The molecule has 1 aromatic carbocycles. The maximum Gasteiger partial charge on any atom is 0.273 e. The van der Waals surface area contributed by atoms with Crippen LogP contribution in [0.2, 0.25) is 0 Å². The number of benzene rings is 1. The molecule has 0 amide bonds. The average Bonchev–Trinajstić information content (AvgIpc) is 2.99. The number of pyridine rings is 1. The van der Waals surface area contributed by atoms with Crippen molar-refractivity contribution in [3.05, 3.63) is 70.8 Å². The molecule has 4 rings (SSSR count). The number of hydrogen-bond donors (Lipinski definition) is 1. The van der Waals surface area contributed by atoms with E-state index in [1.165, 1.54) is 10.6 Å². The van der Waals surface area contributed by atoms with Gasteiger partial charge in [-0.3, -0.25) is 14.9 Å². The molecule has 124 valence electrons. The number of methoxy groups -OCH3 is 1. The van der Waals surface area contributed by atoms with Crippen LogP contribution in [0, 0.1) is 6.92 Å². The predicted octanol–water partition coefficient (Wildman–Crippen LogP) is 3.07. The second-order valence-corrected chi connectivity index (χ2v) is 5.67. The maximum atomic E-state index is 12.6. The van der Waals surface area contributed by atoms with Crippen molar-refractivity contribution >= 4 is 5.65 Å². The van der Waals surface area contributed by atoms with Gasteiger partial charge < -0.3 is 4.74 Å². The summed E-state index contributed by atoms with van der Waals surface area (Å²) in [5, 5.41) is 3.09. The van der Waals surface area contributed by atoms with Crippen LogP contribution in [0.25, 0.3) is 28.2 Å². The highest BCUT2D eigenvalue weighted by Gasteiger charge is 2.18. The van der Waals surface area contributed by atoms with Crippen molar-refractivity contribution in [2.24, 2.45) is 0 Å².